The van der Waals surface area contributed by atoms with Gasteiger partial charge in [-0.2, -0.15) is 0 Å². The molecule has 0 aliphatic heterocycles. The van der Waals surface area contributed by atoms with Crippen LogP contribution in [0.15, 0.2) is 18.2 Å². The third-order valence-electron chi connectivity index (χ3n) is 3.84. The second kappa shape index (κ2) is 5.95. The summed E-state index contributed by atoms with van der Waals surface area (Å²) in [5, 5.41) is 3.50. The molecule has 0 spiro atoms. The molecule has 1 aromatic carbocycles. The van der Waals surface area contributed by atoms with E-state index >= 15 is 0 Å². The van der Waals surface area contributed by atoms with Gasteiger partial charge in [-0.05, 0) is 43.4 Å². The minimum atomic E-state index is 0.842. The monoisotopic (exact) mass is 232 g/mol. The molecule has 1 aliphatic carbocycles. The van der Waals surface area contributed by atoms with E-state index in [1.165, 1.54) is 49.8 Å². The van der Waals surface area contributed by atoms with Crippen molar-refractivity contribution >= 4 is 11.4 Å². The van der Waals surface area contributed by atoms with Crippen LogP contribution in [-0.4, -0.2) is 6.54 Å². The molecule has 0 amide bonds. The molecule has 2 rings (SSSR count). The van der Waals surface area contributed by atoms with E-state index < -0.39 is 0 Å². The molecule has 1 saturated carbocycles. The lowest BCUT2D eigenvalue weighted by Gasteiger charge is -2.12. The minimum absolute atomic E-state index is 0.842. The van der Waals surface area contributed by atoms with Crippen LogP contribution >= 0.6 is 0 Å². The van der Waals surface area contributed by atoms with Gasteiger partial charge >= 0.3 is 0 Å². The molecule has 17 heavy (non-hydrogen) atoms. The molecule has 2 nitrogen and oxygen atoms in total. The Morgan fingerprint density at radius 1 is 1.29 bits per heavy atom. The highest BCUT2D eigenvalue weighted by molar-refractivity contribution is 5.59. The summed E-state index contributed by atoms with van der Waals surface area (Å²) >= 11 is 0. The lowest BCUT2D eigenvalue weighted by atomic mass is 10.0. The molecule has 0 saturated heterocycles. The van der Waals surface area contributed by atoms with Crippen LogP contribution in [0.4, 0.5) is 11.4 Å². The second-order valence-corrected chi connectivity index (χ2v) is 5.29. The first-order valence-corrected chi connectivity index (χ1v) is 6.86. The molecule has 0 bridgehead atoms. The summed E-state index contributed by atoms with van der Waals surface area (Å²) in [6.07, 6.45) is 8.47. The molecule has 1 fully saturated rings. The van der Waals surface area contributed by atoms with Crippen LogP contribution < -0.4 is 11.1 Å². The topological polar surface area (TPSA) is 38.0 Å². The first-order valence-electron chi connectivity index (χ1n) is 6.86. The predicted molar refractivity (Wildman–Crippen MR) is 75.3 cm³/mol. The molecule has 0 atom stereocenters. The predicted octanol–water partition coefficient (Wildman–Crippen LogP) is 3.96. The second-order valence-electron chi connectivity index (χ2n) is 5.29. The van der Waals surface area contributed by atoms with Gasteiger partial charge < -0.3 is 11.1 Å². The average Bonchev–Trinajstić information content (AvgIpc) is 2.82. The number of aryl methyl sites for hydroxylation is 1. The third kappa shape index (κ3) is 3.65. The van der Waals surface area contributed by atoms with Crippen LogP contribution in [0.1, 0.15) is 44.1 Å². The molecule has 1 aromatic rings. The van der Waals surface area contributed by atoms with E-state index in [9.17, 15) is 0 Å². The van der Waals surface area contributed by atoms with Gasteiger partial charge in [0.15, 0.2) is 0 Å². The molecule has 0 unspecified atom stereocenters. The fourth-order valence-corrected chi connectivity index (χ4v) is 2.74. The first-order chi connectivity index (χ1) is 8.25. The zero-order valence-electron chi connectivity index (χ0n) is 10.8. The van der Waals surface area contributed by atoms with Crippen molar-refractivity contribution < 1.29 is 0 Å². The Labute approximate surface area is 105 Å². The summed E-state index contributed by atoms with van der Waals surface area (Å²) < 4.78 is 0. The van der Waals surface area contributed by atoms with Crippen molar-refractivity contribution in [3.8, 4) is 0 Å². The minimum Gasteiger partial charge on any atom is -0.399 e. The van der Waals surface area contributed by atoms with E-state index in [2.05, 4.69) is 18.3 Å². The average molecular weight is 232 g/mol. The van der Waals surface area contributed by atoms with E-state index in [1.807, 2.05) is 12.1 Å². The fourth-order valence-electron chi connectivity index (χ4n) is 2.74. The Morgan fingerprint density at radius 3 is 2.82 bits per heavy atom. The van der Waals surface area contributed by atoms with Crippen molar-refractivity contribution in [3.63, 3.8) is 0 Å². The van der Waals surface area contributed by atoms with Crippen molar-refractivity contribution in [1.82, 2.24) is 0 Å². The molecular formula is C15H24N2. The van der Waals surface area contributed by atoms with Crippen molar-refractivity contribution in [2.75, 3.05) is 17.6 Å². The maximum Gasteiger partial charge on any atom is 0.0390 e. The Morgan fingerprint density at radius 2 is 2.06 bits per heavy atom. The van der Waals surface area contributed by atoms with Gasteiger partial charge in [-0.25, -0.2) is 0 Å². The summed E-state index contributed by atoms with van der Waals surface area (Å²) in [4.78, 5) is 0. The largest absolute Gasteiger partial charge is 0.399 e. The zero-order valence-corrected chi connectivity index (χ0v) is 10.8. The molecule has 94 valence electrons. The highest BCUT2D eigenvalue weighted by atomic mass is 14.9. The Kier molecular flexibility index (Phi) is 4.29. The molecule has 1 aliphatic rings. The number of nitrogens with two attached hydrogens (primary N) is 1. The smallest absolute Gasteiger partial charge is 0.0390 e. The first kappa shape index (κ1) is 12.3. The van der Waals surface area contributed by atoms with Gasteiger partial charge in [-0.3, -0.25) is 0 Å². The lowest BCUT2D eigenvalue weighted by molar-refractivity contribution is 0.491. The molecule has 2 heteroatoms. The standard InChI is InChI=1S/C15H24N2/c1-12-8-9-14(16)11-15(12)17-10-4-7-13-5-2-3-6-13/h8-9,11,13,17H,2-7,10,16H2,1H3. The SMILES string of the molecule is Cc1ccc(N)cc1NCCCC1CCCC1. The third-order valence-corrected chi connectivity index (χ3v) is 3.84. The highest BCUT2D eigenvalue weighted by Crippen LogP contribution is 2.28. The van der Waals surface area contributed by atoms with E-state index in [-0.39, 0.29) is 0 Å². The van der Waals surface area contributed by atoms with Crippen molar-refractivity contribution in [2.45, 2.75) is 45.4 Å². The number of nitrogen functional groups attached to an aromatic ring is 1. The summed E-state index contributed by atoms with van der Waals surface area (Å²) in [7, 11) is 0. The lowest BCUT2D eigenvalue weighted by Crippen LogP contribution is -2.05. The van der Waals surface area contributed by atoms with Gasteiger partial charge in [0, 0.05) is 17.9 Å². The number of hydrogen-bond acceptors (Lipinski definition) is 2. The van der Waals surface area contributed by atoms with Crippen molar-refractivity contribution in [1.29, 1.82) is 0 Å². The van der Waals surface area contributed by atoms with Crippen LogP contribution in [-0.2, 0) is 0 Å². The number of rotatable bonds is 5. The number of anilines is 2. The van der Waals surface area contributed by atoms with Crippen LogP contribution in [0.25, 0.3) is 0 Å². The normalized spacial score (nSPS) is 16.3. The molecule has 0 aromatic heterocycles. The van der Waals surface area contributed by atoms with E-state index in [4.69, 9.17) is 5.73 Å². The van der Waals surface area contributed by atoms with E-state index in [0.717, 1.165) is 18.2 Å². The van der Waals surface area contributed by atoms with Crippen LogP contribution in [0, 0.1) is 12.8 Å². The van der Waals surface area contributed by atoms with Gasteiger partial charge in [0.1, 0.15) is 0 Å². The van der Waals surface area contributed by atoms with Gasteiger partial charge in [0.2, 0.25) is 0 Å². The summed E-state index contributed by atoms with van der Waals surface area (Å²) in [6.45, 7) is 3.19. The molecule has 3 N–H and O–H groups in total. The number of benzene rings is 1. The fraction of sp³-hybridized carbons (Fsp3) is 0.600. The van der Waals surface area contributed by atoms with E-state index in [0.29, 0.717) is 0 Å². The van der Waals surface area contributed by atoms with Crippen molar-refractivity contribution in [2.24, 2.45) is 5.92 Å². The Hall–Kier alpha value is -1.18. The number of nitrogens with one attached hydrogen (secondary N) is 1. The zero-order chi connectivity index (χ0) is 12.1. The quantitative estimate of drug-likeness (QED) is 0.595. The van der Waals surface area contributed by atoms with Crippen molar-refractivity contribution in [3.05, 3.63) is 23.8 Å². The van der Waals surface area contributed by atoms with Gasteiger partial charge in [-0.15, -0.1) is 0 Å². The molecule has 0 heterocycles. The highest BCUT2D eigenvalue weighted by Gasteiger charge is 2.13. The van der Waals surface area contributed by atoms with Gasteiger partial charge in [-0.1, -0.05) is 31.7 Å². The van der Waals surface area contributed by atoms with Crippen LogP contribution in [0.3, 0.4) is 0 Å². The maximum atomic E-state index is 5.79. The Balaban J connectivity index is 1.72. The summed E-state index contributed by atoms with van der Waals surface area (Å²) in [6, 6.07) is 6.07. The molecule has 0 radical (unpaired) electrons. The van der Waals surface area contributed by atoms with Crippen LogP contribution in [0.2, 0.25) is 0 Å². The summed E-state index contributed by atoms with van der Waals surface area (Å²) in [5.41, 5.74) is 9.10. The number of hydrogen-bond donors (Lipinski definition) is 2. The van der Waals surface area contributed by atoms with Crippen LogP contribution in [0.5, 0.6) is 0 Å². The summed E-state index contributed by atoms with van der Waals surface area (Å²) in [5.74, 6) is 0.999. The van der Waals surface area contributed by atoms with Gasteiger partial charge in [0.25, 0.3) is 0 Å². The maximum absolute atomic E-state index is 5.79. The Bertz CT molecular complexity index is 354. The molecular weight excluding hydrogens is 208 g/mol. The van der Waals surface area contributed by atoms with E-state index in [1.54, 1.807) is 0 Å². The van der Waals surface area contributed by atoms with Gasteiger partial charge in [0.05, 0.1) is 0 Å².